The van der Waals surface area contributed by atoms with Crippen LogP contribution < -0.4 is 10.2 Å². The van der Waals surface area contributed by atoms with E-state index in [9.17, 15) is 9.18 Å². The van der Waals surface area contributed by atoms with E-state index in [-0.39, 0.29) is 17.6 Å². The highest BCUT2D eigenvalue weighted by atomic mass is 19.1. The van der Waals surface area contributed by atoms with Gasteiger partial charge in [0.2, 0.25) is 5.91 Å². The number of aromatic nitrogens is 2. The number of hydrogen-bond donors (Lipinski definition) is 1. The van der Waals surface area contributed by atoms with Gasteiger partial charge in [-0.05, 0) is 62.2 Å². The smallest absolute Gasteiger partial charge is 0.229 e. The minimum atomic E-state index is -0.320. The summed E-state index contributed by atoms with van der Waals surface area (Å²) in [4.78, 5) is 14.7. The Hall–Kier alpha value is -3.28. The Kier molecular flexibility index (Phi) is 5.51. The Labute approximate surface area is 169 Å². The normalized spacial score (nSPS) is 16.5. The van der Waals surface area contributed by atoms with Gasteiger partial charge in [0.25, 0.3) is 0 Å². The summed E-state index contributed by atoms with van der Waals surface area (Å²) in [6.07, 6.45) is 1.72. The van der Waals surface area contributed by atoms with Gasteiger partial charge in [-0.1, -0.05) is 23.8 Å². The highest BCUT2D eigenvalue weighted by Crippen LogP contribution is 2.24. The second-order valence-corrected chi connectivity index (χ2v) is 7.43. The molecule has 3 aromatic rings. The molecule has 2 heterocycles. The number of hydrogen-bond acceptors (Lipinski definition) is 4. The molecule has 1 atom stereocenters. The maximum atomic E-state index is 13.0. The summed E-state index contributed by atoms with van der Waals surface area (Å²) in [6, 6.07) is 17.9. The van der Waals surface area contributed by atoms with Gasteiger partial charge in [-0.25, -0.2) is 4.39 Å². The molecule has 1 amide bonds. The summed E-state index contributed by atoms with van der Waals surface area (Å²) < 4.78 is 13.0. The molecule has 1 unspecified atom stereocenters. The fourth-order valence-corrected chi connectivity index (χ4v) is 3.63. The number of carbonyl (C=O) groups excluding carboxylic acids is 1. The van der Waals surface area contributed by atoms with Crippen LogP contribution in [-0.4, -0.2) is 29.2 Å². The monoisotopic (exact) mass is 390 g/mol. The van der Waals surface area contributed by atoms with E-state index in [1.54, 1.807) is 12.1 Å². The van der Waals surface area contributed by atoms with Crippen molar-refractivity contribution in [3.63, 3.8) is 0 Å². The zero-order valence-electron chi connectivity index (χ0n) is 16.3. The van der Waals surface area contributed by atoms with Gasteiger partial charge >= 0.3 is 0 Å². The summed E-state index contributed by atoms with van der Waals surface area (Å²) >= 11 is 0. The number of anilines is 2. The fourth-order valence-electron chi connectivity index (χ4n) is 3.63. The van der Waals surface area contributed by atoms with Crippen LogP contribution >= 0.6 is 0 Å². The Morgan fingerprint density at radius 3 is 2.66 bits per heavy atom. The van der Waals surface area contributed by atoms with E-state index in [4.69, 9.17) is 0 Å². The van der Waals surface area contributed by atoms with Gasteiger partial charge in [0, 0.05) is 24.3 Å². The number of carbonyl (C=O) groups is 1. The third-order valence-corrected chi connectivity index (χ3v) is 5.19. The molecular formula is C23H23FN4O. The second kappa shape index (κ2) is 8.39. The first-order chi connectivity index (χ1) is 14.1. The highest BCUT2D eigenvalue weighted by Gasteiger charge is 2.26. The molecule has 1 fully saturated rings. The van der Waals surface area contributed by atoms with E-state index in [0.29, 0.717) is 12.2 Å². The Morgan fingerprint density at radius 2 is 1.93 bits per heavy atom. The van der Waals surface area contributed by atoms with Crippen molar-refractivity contribution in [2.45, 2.75) is 19.8 Å². The summed E-state index contributed by atoms with van der Waals surface area (Å²) in [6.45, 7) is 3.49. The third kappa shape index (κ3) is 4.59. The SMILES string of the molecule is Cc1cccc(-c2ccc(N3CCCC(C(=O)Nc4ccc(F)cc4)C3)nn2)c1. The van der Waals surface area contributed by atoms with Gasteiger partial charge in [-0.2, -0.15) is 0 Å². The van der Waals surface area contributed by atoms with Crippen molar-refractivity contribution < 1.29 is 9.18 Å². The first-order valence-electron chi connectivity index (χ1n) is 9.80. The van der Waals surface area contributed by atoms with Crippen molar-refractivity contribution in [2.24, 2.45) is 5.92 Å². The highest BCUT2D eigenvalue weighted by molar-refractivity contribution is 5.93. The van der Waals surface area contributed by atoms with E-state index in [0.717, 1.165) is 36.5 Å². The zero-order chi connectivity index (χ0) is 20.2. The average Bonchev–Trinajstić information content (AvgIpc) is 2.75. The average molecular weight is 390 g/mol. The molecule has 0 bridgehead atoms. The molecule has 148 valence electrons. The predicted octanol–water partition coefficient (Wildman–Crippen LogP) is 4.45. The number of aryl methyl sites for hydroxylation is 1. The van der Waals surface area contributed by atoms with Crippen LogP contribution in [0.2, 0.25) is 0 Å². The van der Waals surface area contributed by atoms with Crippen LogP contribution in [0.1, 0.15) is 18.4 Å². The molecule has 1 aliphatic rings. The lowest BCUT2D eigenvalue weighted by Gasteiger charge is -2.32. The molecule has 0 aliphatic carbocycles. The van der Waals surface area contributed by atoms with E-state index in [1.807, 2.05) is 24.3 Å². The topological polar surface area (TPSA) is 58.1 Å². The number of rotatable bonds is 4. The molecule has 1 saturated heterocycles. The van der Waals surface area contributed by atoms with Crippen LogP contribution in [0.25, 0.3) is 11.3 Å². The molecule has 1 aliphatic heterocycles. The first kappa shape index (κ1) is 19.1. The summed E-state index contributed by atoms with van der Waals surface area (Å²) in [5.74, 6) is 0.262. The van der Waals surface area contributed by atoms with Crippen LogP contribution in [0.3, 0.4) is 0 Å². The molecule has 6 heteroatoms. The van der Waals surface area contributed by atoms with Crippen molar-refractivity contribution >= 4 is 17.4 Å². The van der Waals surface area contributed by atoms with Crippen molar-refractivity contribution in [2.75, 3.05) is 23.3 Å². The third-order valence-electron chi connectivity index (χ3n) is 5.19. The van der Waals surface area contributed by atoms with Crippen molar-refractivity contribution in [3.05, 3.63) is 72.0 Å². The molecule has 29 heavy (non-hydrogen) atoms. The van der Waals surface area contributed by atoms with Crippen LogP contribution in [0, 0.1) is 18.7 Å². The van der Waals surface area contributed by atoms with Gasteiger partial charge in [0.1, 0.15) is 5.82 Å². The maximum absolute atomic E-state index is 13.0. The second-order valence-electron chi connectivity index (χ2n) is 7.43. The van der Waals surface area contributed by atoms with Gasteiger partial charge in [0.15, 0.2) is 5.82 Å². The largest absolute Gasteiger partial charge is 0.354 e. The predicted molar refractivity (Wildman–Crippen MR) is 112 cm³/mol. The van der Waals surface area contributed by atoms with Crippen LogP contribution in [0.5, 0.6) is 0 Å². The minimum Gasteiger partial charge on any atom is -0.354 e. The number of nitrogens with one attached hydrogen (secondary N) is 1. The van der Waals surface area contributed by atoms with E-state index in [2.05, 4.69) is 39.5 Å². The lowest BCUT2D eigenvalue weighted by Crippen LogP contribution is -2.41. The van der Waals surface area contributed by atoms with Gasteiger partial charge < -0.3 is 10.2 Å². The fraction of sp³-hybridized carbons (Fsp3) is 0.261. The maximum Gasteiger partial charge on any atom is 0.229 e. The van der Waals surface area contributed by atoms with E-state index >= 15 is 0 Å². The van der Waals surface area contributed by atoms with E-state index < -0.39 is 0 Å². The van der Waals surface area contributed by atoms with Crippen LogP contribution in [-0.2, 0) is 4.79 Å². The molecular weight excluding hydrogens is 367 g/mol. The van der Waals surface area contributed by atoms with Crippen molar-refractivity contribution in [1.82, 2.24) is 10.2 Å². The lowest BCUT2D eigenvalue weighted by molar-refractivity contribution is -0.120. The number of nitrogens with zero attached hydrogens (tertiary/aromatic N) is 3. The molecule has 1 aromatic heterocycles. The van der Waals surface area contributed by atoms with Crippen LogP contribution in [0.15, 0.2) is 60.7 Å². The van der Waals surface area contributed by atoms with Gasteiger partial charge in [-0.3, -0.25) is 4.79 Å². The molecule has 5 nitrogen and oxygen atoms in total. The summed E-state index contributed by atoms with van der Waals surface area (Å²) in [5, 5.41) is 11.7. The minimum absolute atomic E-state index is 0.0503. The molecule has 0 radical (unpaired) electrons. The summed E-state index contributed by atoms with van der Waals surface area (Å²) in [7, 11) is 0. The van der Waals surface area contributed by atoms with E-state index in [1.165, 1.54) is 17.7 Å². The van der Waals surface area contributed by atoms with Gasteiger partial charge in [-0.15, -0.1) is 10.2 Å². The Balaban J connectivity index is 1.42. The number of halogens is 1. The van der Waals surface area contributed by atoms with Crippen LogP contribution in [0.4, 0.5) is 15.9 Å². The Morgan fingerprint density at radius 1 is 1.10 bits per heavy atom. The number of amides is 1. The Bertz CT molecular complexity index is 989. The molecule has 4 rings (SSSR count). The molecule has 0 spiro atoms. The number of benzene rings is 2. The standard InChI is InChI=1S/C23H23FN4O/c1-16-4-2-5-17(14-16)21-11-12-22(27-26-21)28-13-3-6-18(15-28)23(29)25-20-9-7-19(24)8-10-20/h2,4-5,7-12,14,18H,3,6,13,15H2,1H3,(H,25,29). The molecule has 1 N–H and O–H groups in total. The molecule has 2 aromatic carbocycles. The molecule has 0 saturated carbocycles. The van der Waals surface area contributed by atoms with Crippen molar-refractivity contribution in [1.29, 1.82) is 0 Å². The first-order valence-corrected chi connectivity index (χ1v) is 9.80. The lowest BCUT2D eigenvalue weighted by atomic mass is 9.97. The van der Waals surface area contributed by atoms with Gasteiger partial charge in [0.05, 0.1) is 11.6 Å². The quantitative estimate of drug-likeness (QED) is 0.715. The number of piperidine rings is 1. The zero-order valence-corrected chi connectivity index (χ0v) is 16.3. The van der Waals surface area contributed by atoms with Crippen molar-refractivity contribution in [3.8, 4) is 11.3 Å². The summed E-state index contributed by atoms with van der Waals surface area (Å²) in [5.41, 5.74) is 3.66.